The van der Waals surface area contributed by atoms with E-state index in [-0.39, 0.29) is 37.1 Å². The average Bonchev–Trinajstić information content (AvgIpc) is 2.42. The van der Waals surface area contributed by atoms with Gasteiger partial charge in [0.15, 0.2) is 12.4 Å². The molecule has 0 aliphatic carbocycles. The first-order valence-electron chi connectivity index (χ1n) is 5.85. The van der Waals surface area contributed by atoms with Crippen LogP contribution in [0.1, 0.15) is 6.92 Å². The van der Waals surface area contributed by atoms with Gasteiger partial charge in [0.2, 0.25) is 0 Å². The molecule has 19 heavy (non-hydrogen) atoms. The molecule has 104 valence electrons. The largest absolute Gasteiger partial charge is 0.477 e. The Kier molecular flexibility index (Phi) is 5.74. The number of para-hydroxylation sites is 2. The van der Waals surface area contributed by atoms with E-state index >= 15 is 0 Å². The molecule has 0 aliphatic heterocycles. The summed E-state index contributed by atoms with van der Waals surface area (Å²) in [6.07, 6.45) is 0. The summed E-state index contributed by atoms with van der Waals surface area (Å²) in [6, 6.07) is 5.87. The van der Waals surface area contributed by atoms with E-state index in [0.717, 1.165) is 0 Å². The van der Waals surface area contributed by atoms with Gasteiger partial charge in [0, 0.05) is 19.2 Å². The number of ether oxygens (including phenoxy) is 1. The Hall–Kier alpha value is -2.15. The van der Waals surface area contributed by atoms with Crippen LogP contribution in [-0.2, 0) is 4.79 Å². The number of likely N-dealkylation sites (N-methyl/N-ethyl adjacent to an activating group) is 1. The first-order chi connectivity index (χ1) is 9.10. The zero-order chi connectivity index (χ0) is 14.3. The number of amides is 1. The van der Waals surface area contributed by atoms with Crippen molar-refractivity contribution in [3.05, 3.63) is 34.4 Å². The summed E-state index contributed by atoms with van der Waals surface area (Å²) < 4.78 is 5.17. The molecule has 0 aromatic heterocycles. The number of rotatable bonds is 7. The van der Waals surface area contributed by atoms with Crippen molar-refractivity contribution in [1.29, 1.82) is 0 Å². The van der Waals surface area contributed by atoms with E-state index in [1.165, 1.54) is 23.1 Å². The monoisotopic (exact) mass is 268 g/mol. The van der Waals surface area contributed by atoms with Crippen molar-refractivity contribution in [2.75, 3.05) is 26.3 Å². The maximum Gasteiger partial charge on any atom is 0.310 e. The molecule has 1 N–H and O–H groups in total. The molecule has 0 heterocycles. The number of benzene rings is 1. The van der Waals surface area contributed by atoms with Crippen LogP contribution in [0.15, 0.2) is 24.3 Å². The van der Waals surface area contributed by atoms with E-state index in [2.05, 4.69) is 0 Å². The molecule has 1 aromatic rings. The Labute approximate surface area is 110 Å². The third kappa shape index (κ3) is 4.22. The number of nitrogens with zero attached hydrogens (tertiary/aromatic N) is 2. The lowest BCUT2D eigenvalue weighted by Gasteiger charge is -2.19. The predicted octanol–water partition coefficient (Wildman–Crippen LogP) is 0.814. The average molecular weight is 268 g/mol. The van der Waals surface area contributed by atoms with Crippen molar-refractivity contribution in [1.82, 2.24) is 4.90 Å². The Balaban J connectivity index is 2.66. The standard InChI is InChI=1S/C12H16N2O5/c1-2-13(7-8-15)12(16)9-19-11-6-4-3-5-10(11)14(17)18/h3-6,15H,2,7-9H2,1H3. The fourth-order valence-corrected chi connectivity index (χ4v) is 1.54. The highest BCUT2D eigenvalue weighted by molar-refractivity contribution is 5.77. The Morgan fingerprint density at radius 3 is 2.74 bits per heavy atom. The molecule has 0 saturated carbocycles. The maximum absolute atomic E-state index is 11.7. The van der Waals surface area contributed by atoms with Gasteiger partial charge in [-0.15, -0.1) is 0 Å². The molecular formula is C12H16N2O5. The predicted molar refractivity (Wildman–Crippen MR) is 67.9 cm³/mol. The quantitative estimate of drug-likeness (QED) is 0.583. The molecule has 7 nitrogen and oxygen atoms in total. The molecule has 0 fully saturated rings. The van der Waals surface area contributed by atoms with E-state index in [9.17, 15) is 14.9 Å². The Bertz CT molecular complexity index is 450. The summed E-state index contributed by atoms with van der Waals surface area (Å²) in [4.78, 5) is 23.3. The summed E-state index contributed by atoms with van der Waals surface area (Å²) in [5, 5.41) is 19.6. The molecular weight excluding hydrogens is 252 g/mol. The highest BCUT2D eigenvalue weighted by Gasteiger charge is 2.17. The van der Waals surface area contributed by atoms with Crippen LogP contribution < -0.4 is 4.74 Å². The van der Waals surface area contributed by atoms with E-state index in [4.69, 9.17) is 9.84 Å². The Morgan fingerprint density at radius 2 is 2.16 bits per heavy atom. The molecule has 0 atom stereocenters. The maximum atomic E-state index is 11.7. The highest BCUT2D eigenvalue weighted by Crippen LogP contribution is 2.25. The van der Waals surface area contributed by atoms with Crippen molar-refractivity contribution in [3.8, 4) is 5.75 Å². The van der Waals surface area contributed by atoms with Gasteiger partial charge in [0.05, 0.1) is 11.5 Å². The lowest BCUT2D eigenvalue weighted by atomic mass is 10.3. The number of carbonyl (C=O) groups is 1. The third-order valence-corrected chi connectivity index (χ3v) is 2.52. The summed E-state index contributed by atoms with van der Waals surface area (Å²) >= 11 is 0. The molecule has 0 spiro atoms. The Morgan fingerprint density at radius 1 is 1.47 bits per heavy atom. The first kappa shape index (κ1) is 14.9. The van der Waals surface area contributed by atoms with Gasteiger partial charge in [-0.2, -0.15) is 0 Å². The molecule has 0 aliphatic rings. The van der Waals surface area contributed by atoms with Crippen LogP contribution in [-0.4, -0.2) is 47.1 Å². The van der Waals surface area contributed by atoms with Gasteiger partial charge in [-0.25, -0.2) is 0 Å². The zero-order valence-electron chi connectivity index (χ0n) is 10.6. The second kappa shape index (κ2) is 7.32. The first-order valence-corrected chi connectivity index (χ1v) is 5.85. The summed E-state index contributed by atoms with van der Waals surface area (Å²) in [5.74, 6) is -0.268. The minimum absolute atomic E-state index is 0.0564. The smallest absolute Gasteiger partial charge is 0.310 e. The van der Waals surface area contributed by atoms with E-state index in [1.807, 2.05) is 0 Å². The van der Waals surface area contributed by atoms with Crippen LogP contribution in [0.3, 0.4) is 0 Å². The molecule has 1 amide bonds. The van der Waals surface area contributed by atoms with E-state index < -0.39 is 4.92 Å². The number of carbonyl (C=O) groups excluding carboxylic acids is 1. The highest BCUT2D eigenvalue weighted by atomic mass is 16.6. The number of hydrogen-bond donors (Lipinski definition) is 1. The lowest BCUT2D eigenvalue weighted by molar-refractivity contribution is -0.385. The van der Waals surface area contributed by atoms with Crippen molar-refractivity contribution >= 4 is 11.6 Å². The summed E-state index contributed by atoms with van der Waals surface area (Å²) in [5.41, 5.74) is -0.180. The third-order valence-electron chi connectivity index (χ3n) is 2.52. The van der Waals surface area contributed by atoms with Gasteiger partial charge < -0.3 is 14.7 Å². The molecule has 1 aromatic carbocycles. The SMILES string of the molecule is CCN(CCO)C(=O)COc1ccccc1[N+](=O)[O-]. The fourth-order valence-electron chi connectivity index (χ4n) is 1.54. The van der Waals surface area contributed by atoms with Crippen molar-refractivity contribution in [2.45, 2.75) is 6.92 Å². The molecule has 7 heteroatoms. The van der Waals surface area contributed by atoms with Crippen molar-refractivity contribution in [2.24, 2.45) is 0 Å². The molecule has 1 rings (SSSR count). The topological polar surface area (TPSA) is 92.9 Å². The van der Waals surface area contributed by atoms with Gasteiger partial charge in [0.1, 0.15) is 0 Å². The number of aliphatic hydroxyl groups is 1. The second-order valence-electron chi connectivity index (χ2n) is 3.71. The van der Waals surface area contributed by atoms with Gasteiger partial charge in [-0.3, -0.25) is 14.9 Å². The number of hydrogen-bond acceptors (Lipinski definition) is 5. The van der Waals surface area contributed by atoms with Gasteiger partial charge in [0.25, 0.3) is 5.91 Å². The van der Waals surface area contributed by atoms with Crippen LogP contribution in [0.25, 0.3) is 0 Å². The van der Waals surface area contributed by atoms with Crippen molar-refractivity contribution < 1.29 is 19.6 Å². The van der Waals surface area contributed by atoms with Crippen LogP contribution in [0.5, 0.6) is 5.75 Å². The number of nitro groups is 1. The zero-order valence-corrected chi connectivity index (χ0v) is 10.6. The van der Waals surface area contributed by atoms with E-state index in [1.54, 1.807) is 13.0 Å². The van der Waals surface area contributed by atoms with Gasteiger partial charge in [-0.1, -0.05) is 12.1 Å². The molecule has 0 unspecified atom stereocenters. The van der Waals surface area contributed by atoms with Crippen LogP contribution >= 0.6 is 0 Å². The van der Waals surface area contributed by atoms with Crippen LogP contribution in [0, 0.1) is 10.1 Å². The molecule has 0 saturated heterocycles. The van der Waals surface area contributed by atoms with Gasteiger partial charge >= 0.3 is 5.69 Å². The fraction of sp³-hybridized carbons (Fsp3) is 0.417. The summed E-state index contributed by atoms with van der Waals surface area (Å²) in [6.45, 7) is 2.01. The molecule has 0 bridgehead atoms. The minimum atomic E-state index is -0.564. The second-order valence-corrected chi connectivity index (χ2v) is 3.71. The summed E-state index contributed by atoms with van der Waals surface area (Å²) in [7, 11) is 0. The number of aliphatic hydroxyl groups excluding tert-OH is 1. The van der Waals surface area contributed by atoms with Crippen molar-refractivity contribution in [3.63, 3.8) is 0 Å². The van der Waals surface area contributed by atoms with Crippen LogP contribution in [0.4, 0.5) is 5.69 Å². The molecule has 0 radical (unpaired) electrons. The lowest BCUT2D eigenvalue weighted by Crippen LogP contribution is -2.36. The minimum Gasteiger partial charge on any atom is -0.477 e. The van der Waals surface area contributed by atoms with E-state index in [0.29, 0.717) is 6.54 Å². The number of nitro benzene ring substituents is 1. The van der Waals surface area contributed by atoms with Crippen LogP contribution in [0.2, 0.25) is 0 Å². The van der Waals surface area contributed by atoms with Gasteiger partial charge in [-0.05, 0) is 13.0 Å². The normalized spacial score (nSPS) is 10.0.